The average Bonchev–Trinajstić information content (AvgIpc) is 2.60. The Balaban J connectivity index is 1.78. The third-order valence-electron chi connectivity index (χ3n) is 3.26. The third-order valence-corrected chi connectivity index (χ3v) is 3.58. The maximum absolute atomic E-state index is 11.8. The highest BCUT2D eigenvalue weighted by atomic mass is 35.5. The molecule has 0 unspecified atom stereocenters. The summed E-state index contributed by atoms with van der Waals surface area (Å²) in [5.41, 5.74) is 1.02. The van der Waals surface area contributed by atoms with E-state index in [-0.39, 0.29) is 22.8 Å². The number of carbonyl (C=O) groups excluding carboxylic acids is 2. The second-order valence-electron chi connectivity index (χ2n) is 5.12. The Hall–Kier alpha value is -2.93. The molecular weight excluding hydrogens is 348 g/mol. The van der Waals surface area contributed by atoms with Crippen molar-refractivity contribution in [2.45, 2.75) is 12.8 Å². The maximum Gasteiger partial charge on any atom is 0.306 e. The quantitative estimate of drug-likeness (QED) is 0.462. The highest BCUT2D eigenvalue weighted by Gasteiger charge is 2.13. The molecule has 0 aliphatic rings. The molecule has 0 saturated carbocycles. The molecule has 2 aromatic rings. The third kappa shape index (κ3) is 5.89. The van der Waals surface area contributed by atoms with Crippen LogP contribution in [0.3, 0.4) is 0 Å². The van der Waals surface area contributed by atoms with E-state index >= 15 is 0 Å². The van der Waals surface area contributed by atoms with Gasteiger partial charge in [0, 0.05) is 18.6 Å². The second-order valence-corrected chi connectivity index (χ2v) is 5.52. The molecule has 1 amide bonds. The van der Waals surface area contributed by atoms with Gasteiger partial charge in [-0.15, -0.1) is 0 Å². The predicted octanol–water partition coefficient (Wildman–Crippen LogP) is 3.36. The SMILES string of the molecule is O=C(COC(=O)CCc1ccccc1)Nc1ccc([N+](=O)[O-])cc1Cl. The number of nitro groups is 1. The number of esters is 1. The van der Waals surface area contributed by atoms with Gasteiger partial charge in [0.2, 0.25) is 0 Å². The first-order valence-electron chi connectivity index (χ1n) is 7.39. The lowest BCUT2D eigenvalue weighted by atomic mass is 10.1. The number of hydrogen-bond acceptors (Lipinski definition) is 5. The van der Waals surface area contributed by atoms with Crippen LogP contribution in [-0.2, 0) is 20.7 Å². The number of amides is 1. The van der Waals surface area contributed by atoms with E-state index in [4.69, 9.17) is 16.3 Å². The van der Waals surface area contributed by atoms with Crippen LogP contribution in [0.2, 0.25) is 5.02 Å². The van der Waals surface area contributed by atoms with E-state index in [9.17, 15) is 19.7 Å². The van der Waals surface area contributed by atoms with Gasteiger partial charge in [-0.2, -0.15) is 0 Å². The lowest BCUT2D eigenvalue weighted by molar-refractivity contribution is -0.384. The van der Waals surface area contributed by atoms with Gasteiger partial charge in [-0.25, -0.2) is 0 Å². The Morgan fingerprint density at radius 3 is 2.52 bits per heavy atom. The first kappa shape index (κ1) is 18.4. The molecule has 0 heterocycles. The normalized spacial score (nSPS) is 10.1. The minimum Gasteiger partial charge on any atom is -0.456 e. The van der Waals surface area contributed by atoms with E-state index in [0.29, 0.717) is 6.42 Å². The largest absolute Gasteiger partial charge is 0.456 e. The zero-order valence-corrected chi connectivity index (χ0v) is 13.9. The predicted molar refractivity (Wildman–Crippen MR) is 92.5 cm³/mol. The van der Waals surface area contributed by atoms with Crippen molar-refractivity contribution in [1.82, 2.24) is 0 Å². The van der Waals surface area contributed by atoms with E-state index in [1.165, 1.54) is 12.1 Å². The molecule has 0 aromatic heterocycles. The molecule has 0 saturated heterocycles. The van der Waals surface area contributed by atoms with E-state index in [1.807, 2.05) is 30.3 Å². The summed E-state index contributed by atoms with van der Waals surface area (Å²) in [6.45, 7) is -0.457. The fraction of sp³-hybridized carbons (Fsp3) is 0.176. The molecule has 0 radical (unpaired) electrons. The van der Waals surface area contributed by atoms with Gasteiger partial charge < -0.3 is 10.1 Å². The minimum atomic E-state index is -0.591. The Morgan fingerprint density at radius 1 is 1.16 bits per heavy atom. The van der Waals surface area contributed by atoms with Crippen molar-refractivity contribution in [3.8, 4) is 0 Å². The van der Waals surface area contributed by atoms with Crippen LogP contribution >= 0.6 is 11.6 Å². The summed E-state index contributed by atoms with van der Waals surface area (Å²) in [5.74, 6) is -1.07. The minimum absolute atomic E-state index is 0.0259. The van der Waals surface area contributed by atoms with E-state index in [0.717, 1.165) is 11.6 Å². The molecule has 7 nitrogen and oxygen atoms in total. The average molecular weight is 363 g/mol. The summed E-state index contributed by atoms with van der Waals surface area (Å²) >= 11 is 5.87. The van der Waals surface area contributed by atoms with Crippen LogP contribution in [0, 0.1) is 10.1 Å². The van der Waals surface area contributed by atoms with Crippen LogP contribution < -0.4 is 5.32 Å². The Bertz CT molecular complexity index is 780. The smallest absolute Gasteiger partial charge is 0.306 e. The van der Waals surface area contributed by atoms with Crippen LogP contribution in [0.5, 0.6) is 0 Å². The molecule has 0 bridgehead atoms. The number of non-ortho nitro benzene ring substituents is 1. The van der Waals surface area contributed by atoms with Crippen molar-refractivity contribution in [2.24, 2.45) is 0 Å². The van der Waals surface area contributed by atoms with Crippen LogP contribution in [0.15, 0.2) is 48.5 Å². The van der Waals surface area contributed by atoms with Crippen molar-refractivity contribution >= 4 is 34.9 Å². The summed E-state index contributed by atoms with van der Waals surface area (Å²) < 4.78 is 4.90. The number of nitro benzene ring substituents is 1. The monoisotopic (exact) mass is 362 g/mol. The van der Waals surface area contributed by atoms with Gasteiger partial charge in [0.15, 0.2) is 6.61 Å². The Morgan fingerprint density at radius 2 is 1.88 bits per heavy atom. The Labute approximate surface area is 148 Å². The molecular formula is C17H15ClN2O5. The number of ether oxygens (including phenoxy) is 1. The standard InChI is InChI=1S/C17H15ClN2O5/c18-14-10-13(20(23)24)7-8-15(14)19-16(21)11-25-17(22)9-6-12-4-2-1-3-5-12/h1-5,7-8,10H,6,9,11H2,(H,19,21). The lowest BCUT2D eigenvalue weighted by Crippen LogP contribution is -2.21. The lowest BCUT2D eigenvalue weighted by Gasteiger charge is -2.08. The van der Waals surface area contributed by atoms with Gasteiger partial charge in [0.05, 0.1) is 15.6 Å². The first-order chi connectivity index (χ1) is 12.0. The van der Waals surface area contributed by atoms with Crippen molar-refractivity contribution in [2.75, 3.05) is 11.9 Å². The highest BCUT2D eigenvalue weighted by molar-refractivity contribution is 6.34. The van der Waals surface area contributed by atoms with Crippen molar-refractivity contribution < 1.29 is 19.2 Å². The molecule has 2 aromatic carbocycles. The fourth-order valence-corrected chi connectivity index (χ4v) is 2.24. The number of rotatable bonds is 7. The first-order valence-corrected chi connectivity index (χ1v) is 7.77. The van der Waals surface area contributed by atoms with Crippen molar-refractivity contribution in [3.63, 3.8) is 0 Å². The number of hydrogen-bond donors (Lipinski definition) is 1. The summed E-state index contributed by atoms with van der Waals surface area (Å²) in [4.78, 5) is 33.5. The second kappa shape index (κ2) is 8.79. The molecule has 0 aliphatic carbocycles. The number of benzene rings is 2. The van der Waals surface area contributed by atoms with E-state index in [1.54, 1.807) is 0 Å². The number of anilines is 1. The van der Waals surface area contributed by atoms with E-state index < -0.39 is 23.4 Å². The molecule has 0 spiro atoms. The fourth-order valence-electron chi connectivity index (χ4n) is 2.01. The van der Waals surface area contributed by atoms with Crippen LogP contribution in [0.4, 0.5) is 11.4 Å². The summed E-state index contributed by atoms with van der Waals surface area (Å²) in [5, 5.41) is 13.1. The number of nitrogens with zero attached hydrogens (tertiary/aromatic N) is 1. The zero-order valence-electron chi connectivity index (χ0n) is 13.1. The van der Waals surface area contributed by atoms with Crippen LogP contribution in [0.25, 0.3) is 0 Å². The summed E-state index contributed by atoms with van der Waals surface area (Å²) in [6.07, 6.45) is 0.686. The molecule has 2 rings (SSSR count). The van der Waals surface area contributed by atoms with Crippen LogP contribution in [0.1, 0.15) is 12.0 Å². The molecule has 130 valence electrons. The van der Waals surface area contributed by atoms with Crippen molar-refractivity contribution in [3.05, 3.63) is 69.2 Å². The Kier molecular flexibility index (Phi) is 6.47. The van der Waals surface area contributed by atoms with Gasteiger partial charge in [-0.1, -0.05) is 41.9 Å². The molecule has 1 N–H and O–H groups in total. The topological polar surface area (TPSA) is 98.5 Å². The molecule has 0 atom stereocenters. The molecule has 8 heteroatoms. The molecule has 0 aliphatic heterocycles. The van der Waals surface area contributed by atoms with Gasteiger partial charge in [0.1, 0.15) is 0 Å². The summed E-state index contributed by atoms with van der Waals surface area (Å²) in [6, 6.07) is 13.1. The highest BCUT2D eigenvalue weighted by Crippen LogP contribution is 2.26. The zero-order chi connectivity index (χ0) is 18.2. The van der Waals surface area contributed by atoms with Crippen molar-refractivity contribution in [1.29, 1.82) is 0 Å². The number of nitrogens with one attached hydrogen (secondary N) is 1. The van der Waals surface area contributed by atoms with Gasteiger partial charge in [0.25, 0.3) is 11.6 Å². The van der Waals surface area contributed by atoms with Gasteiger partial charge in [-0.05, 0) is 18.1 Å². The summed E-state index contributed by atoms with van der Waals surface area (Å²) in [7, 11) is 0. The molecule has 0 fully saturated rings. The maximum atomic E-state index is 11.8. The number of carbonyl (C=O) groups is 2. The number of halogens is 1. The molecule has 25 heavy (non-hydrogen) atoms. The number of aryl methyl sites for hydroxylation is 1. The van der Waals surface area contributed by atoms with E-state index in [2.05, 4.69) is 5.32 Å². The van der Waals surface area contributed by atoms with Gasteiger partial charge in [-0.3, -0.25) is 19.7 Å². The van der Waals surface area contributed by atoms with Gasteiger partial charge >= 0.3 is 5.97 Å². The van der Waals surface area contributed by atoms with Crippen LogP contribution in [-0.4, -0.2) is 23.4 Å².